The van der Waals surface area contributed by atoms with Gasteiger partial charge < -0.3 is 15.4 Å². The van der Waals surface area contributed by atoms with Crippen molar-refractivity contribution < 1.29 is 9.53 Å². The molecule has 5 heteroatoms. The first-order valence-electron chi connectivity index (χ1n) is 8.55. The van der Waals surface area contributed by atoms with Crippen LogP contribution in [-0.4, -0.2) is 24.8 Å². The Bertz CT molecular complexity index is 526. The van der Waals surface area contributed by atoms with Crippen LogP contribution < -0.4 is 10.6 Å². The van der Waals surface area contributed by atoms with E-state index < -0.39 is 5.60 Å². The van der Waals surface area contributed by atoms with Crippen molar-refractivity contribution in [1.82, 2.24) is 10.6 Å². The number of ether oxygens (including phenoxy) is 1. The highest BCUT2D eigenvalue weighted by Gasteiger charge is 2.20. The van der Waals surface area contributed by atoms with E-state index in [0.717, 1.165) is 17.1 Å². The fourth-order valence-corrected chi connectivity index (χ4v) is 2.64. The zero-order valence-corrected chi connectivity index (χ0v) is 16.4. The van der Waals surface area contributed by atoms with E-state index in [4.69, 9.17) is 16.3 Å². The van der Waals surface area contributed by atoms with Gasteiger partial charge in [0.25, 0.3) is 0 Å². The second-order valence-corrected chi connectivity index (χ2v) is 7.95. The Morgan fingerprint density at radius 1 is 1.17 bits per heavy atom. The average Bonchev–Trinajstić information content (AvgIpc) is 2.45. The summed E-state index contributed by atoms with van der Waals surface area (Å²) in [6.45, 7) is 13.4. The lowest BCUT2D eigenvalue weighted by atomic mass is 9.95. The average molecular weight is 355 g/mol. The zero-order valence-electron chi connectivity index (χ0n) is 15.7. The largest absolute Gasteiger partial charge is 0.444 e. The van der Waals surface area contributed by atoms with Gasteiger partial charge in [-0.3, -0.25) is 0 Å². The van der Waals surface area contributed by atoms with Crippen LogP contribution in [0.25, 0.3) is 0 Å². The van der Waals surface area contributed by atoms with Crippen molar-refractivity contribution in [2.24, 2.45) is 11.8 Å². The molecule has 2 atom stereocenters. The van der Waals surface area contributed by atoms with Crippen molar-refractivity contribution in [3.05, 3.63) is 34.9 Å². The lowest BCUT2D eigenvalue weighted by Crippen LogP contribution is -2.40. The number of nitrogens with one attached hydrogen (secondary N) is 2. The Morgan fingerprint density at radius 2 is 1.79 bits per heavy atom. The number of amides is 1. The summed E-state index contributed by atoms with van der Waals surface area (Å²) in [7, 11) is 0. The number of halogens is 1. The van der Waals surface area contributed by atoms with Crippen LogP contribution in [0.1, 0.15) is 53.1 Å². The molecule has 136 valence electrons. The highest BCUT2D eigenvalue weighted by Crippen LogP contribution is 2.22. The molecule has 1 amide bonds. The minimum atomic E-state index is -0.478. The van der Waals surface area contributed by atoms with Gasteiger partial charge in [0, 0.05) is 24.2 Å². The van der Waals surface area contributed by atoms with Crippen LogP contribution in [-0.2, 0) is 4.74 Å². The Morgan fingerprint density at radius 3 is 2.33 bits per heavy atom. The highest BCUT2D eigenvalue weighted by atomic mass is 35.5. The highest BCUT2D eigenvalue weighted by molar-refractivity contribution is 6.31. The molecule has 0 aromatic heterocycles. The van der Waals surface area contributed by atoms with Gasteiger partial charge in [0.05, 0.1) is 0 Å². The molecule has 0 heterocycles. The SMILES string of the molecule is CC(NCC(CNC(=O)OC(C)(C)C)C(C)C)c1ccccc1Cl. The molecule has 0 aliphatic heterocycles. The fourth-order valence-electron chi connectivity index (χ4n) is 2.34. The Labute approximate surface area is 151 Å². The summed E-state index contributed by atoms with van der Waals surface area (Å²) in [4.78, 5) is 11.8. The molecule has 0 aliphatic carbocycles. The Balaban J connectivity index is 2.52. The molecule has 0 radical (unpaired) electrons. The molecule has 4 nitrogen and oxygen atoms in total. The molecule has 1 aromatic carbocycles. The van der Waals surface area contributed by atoms with Gasteiger partial charge in [0.15, 0.2) is 0 Å². The normalized spacial score (nSPS) is 14.3. The smallest absolute Gasteiger partial charge is 0.407 e. The molecule has 0 saturated carbocycles. The van der Waals surface area contributed by atoms with Crippen LogP contribution in [0.2, 0.25) is 5.02 Å². The summed E-state index contributed by atoms with van der Waals surface area (Å²) >= 11 is 6.25. The van der Waals surface area contributed by atoms with Gasteiger partial charge in [0.2, 0.25) is 0 Å². The van der Waals surface area contributed by atoms with Crippen LogP contribution in [0.4, 0.5) is 4.79 Å². The summed E-state index contributed by atoms with van der Waals surface area (Å²) in [6.07, 6.45) is -0.368. The van der Waals surface area contributed by atoms with Crippen molar-refractivity contribution in [2.45, 2.75) is 53.2 Å². The van der Waals surface area contributed by atoms with Gasteiger partial charge in [-0.25, -0.2) is 4.79 Å². The monoisotopic (exact) mass is 354 g/mol. The number of hydrogen-bond donors (Lipinski definition) is 2. The maximum atomic E-state index is 11.8. The van der Waals surface area contributed by atoms with Crippen LogP contribution >= 0.6 is 11.6 Å². The van der Waals surface area contributed by atoms with Crippen molar-refractivity contribution in [1.29, 1.82) is 0 Å². The fraction of sp³-hybridized carbons (Fsp3) is 0.632. The molecule has 1 rings (SSSR count). The first-order valence-corrected chi connectivity index (χ1v) is 8.92. The first-order chi connectivity index (χ1) is 11.1. The maximum absolute atomic E-state index is 11.8. The number of carbonyl (C=O) groups excluding carboxylic acids is 1. The molecule has 0 bridgehead atoms. The van der Waals surface area contributed by atoms with Gasteiger partial charge in [-0.05, 0) is 51.2 Å². The summed E-state index contributed by atoms with van der Waals surface area (Å²) < 4.78 is 5.29. The summed E-state index contributed by atoms with van der Waals surface area (Å²) in [5, 5.41) is 7.15. The van der Waals surface area contributed by atoms with Gasteiger partial charge in [-0.2, -0.15) is 0 Å². The first kappa shape index (κ1) is 20.8. The molecule has 0 saturated heterocycles. The third-order valence-electron chi connectivity index (χ3n) is 3.91. The number of rotatable bonds is 7. The third-order valence-corrected chi connectivity index (χ3v) is 4.25. The van der Waals surface area contributed by atoms with Crippen molar-refractivity contribution >= 4 is 17.7 Å². The minimum Gasteiger partial charge on any atom is -0.444 e. The van der Waals surface area contributed by atoms with E-state index in [1.165, 1.54) is 0 Å². The third kappa shape index (κ3) is 7.54. The quantitative estimate of drug-likeness (QED) is 0.740. The van der Waals surface area contributed by atoms with Gasteiger partial charge in [-0.15, -0.1) is 0 Å². The van der Waals surface area contributed by atoms with Crippen molar-refractivity contribution in [3.63, 3.8) is 0 Å². The maximum Gasteiger partial charge on any atom is 0.407 e. The molecule has 2 N–H and O–H groups in total. The van der Waals surface area contributed by atoms with E-state index in [-0.39, 0.29) is 12.1 Å². The lowest BCUT2D eigenvalue weighted by molar-refractivity contribution is 0.0514. The Kier molecular flexibility index (Phi) is 8.04. The number of hydrogen-bond acceptors (Lipinski definition) is 3. The second kappa shape index (κ2) is 9.28. The van der Waals surface area contributed by atoms with Crippen molar-refractivity contribution in [2.75, 3.05) is 13.1 Å². The predicted octanol–water partition coefficient (Wildman–Crippen LogP) is 4.79. The molecule has 0 fully saturated rings. The van der Waals surface area contributed by atoms with Crippen LogP contribution in [0.5, 0.6) is 0 Å². The number of carbonyl (C=O) groups is 1. The topological polar surface area (TPSA) is 50.4 Å². The minimum absolute atomic E-state index is 0.154. The molecule has 24 heavy (non-hydrogen) atoms. The van der Waals surface area contributed by atoms with E-state index in [1.807, 2.05) is 45.0 Å². The standard InChI is InChI=1S/C19H31ClN2O2/c1-13(2)15(12-22-18(23)24-19(4,5)6)11-21-14(3)16-9-7-8-10-17(16)20/h7-10,13-15,21H,11-12H2,1-6H3,(H,22,23). The number of benzene rings is 1. The van der Waals surface area contributed by atoms with Crippen LogP contribution in [0.3, 0.4) is 0 Å². The molecule has 0 spiro atoms. The molecular formula is C19H31ClN2O2. The van der Waals surface area contributed by atoms with Gasteiger partial charge >= 0.3 is 6.09 Å². The molecule has 1 aromatic rings. The molecule has 2 unspecified atom stereocenters. The van der Waals surface area contributed by atoms with Crippen LogP contribution in [0.15, 0.2) is 24.3 Å². The molecule has 0 aliphatic rings. The van der Waals surface area contributed by atoms with E-state index in [9.17, 15) is 4.79 Å². The van der Waals surface area contributed by atoms with Crippen molar-refractivity contribution in [3.8, 4) is 0 Å². The second-order valence-electron chi connectivity index (χ2n) is 7.54. The van der Waals surface area contributed by atoms with Gasteiger partial charge in [-0.1, -0.05) is 43.6 Å². The van der Waals surface area contributed by atoms with Crippen LogP contribution in [0, 0.1) is 11.8 Å². The predicted molar refractivity (Wildman–Crippen MR) is 100 cm³/mol. The zero-order chi connectivity index (χ0) is 18.3. The number of alkyl carbamates (subject to hydrolysis) is 1. The summed E-state index contributed by atoms with van der Waals surface area (Å²) in [6, 6.07) is 8.01. The van der Waals surface area contributed by atoms with Gasteiger partial charge in [0.1, 0.15) is 5.60 Å². The molecular weight excluding hydrogens is 324 g/mol. The van der Waals surface area contributed by atoms with E-state index >= 15 is 0 Å². The summed E-state index contributed by atoms with van der Waals surface area (Å²) in [5.74, 6) is 0.744. The lowest BCUT2D eigenvalue weighted by Gasteiger charge is -2.26. The van der Waals surface area contributed by atoms with E-state index in [2.05, 4.69) is 31.4 Å². The van der Waals surface area contributed by atoms with E-state index in [0.29, 0.717) is 18.4 Å². The summed E-state index contributed by atoms with van der Waals surface area (Å²) in [5.41, 5.74) is 0.607. The van der Waals surface area contributed by atoms with E-state index in [1.54, 1.807) is 0 Å². The Hall–Kier alpha value is -1.26.